The zero-order valence-electron chi connectivity index (χ0n) is 51.3. The highest BCUT2D eigenvalue weighted by atomic mass is 32.1. The number of amides is 6. The van der Waals surface area contributed by atoms with Gasteiger partial charge in [-0.2, -0.15) is 0 Å². The Bertz CT molecular complexity index is 4510. The molecule has 7 aromatic heterocycles. The van der Waals surface area contributed by atoms with Gasteiger partial charge in [0.1, 0.15) is 125 Å². The lowest BCUT2D eigenvalue weighted by atomic mass is 9.86. The number of cyclic esters (lactones) is 2. The highest BCUT2D eigenvalue weighted by Gasteiger charge is 2.49. The van der Waals surface area contributed by atoms with Crippen molar-refractivity contribution in [3.63, 3.8) is 0 Å². The van der Waals surface area contributed by atoms with Crippen LogP contribution in [0, 0.1) is 0 Å². The van der Waals surface area contributed by atoms with Crippen LogP contribution in [0.5, 0.6) is 5.75 Å². The zero-order chi connectivity index (χ0) is 68.2. The summed E-state index contributed by atoms with van der Waals surface area (Å²) in [4.78, 5) is 145. The zero-order valence-corrected chi connectivity index (χ0v) is 55.4. The molecular weight excluding hydrogens is 1350 g/mol. The number of primary amides is 1. The van der Waals surface area contributed by atoms with Crippen molar-refractivity contribution in [1.82, 2.24) is 66.8 Å². The number of esters is 2. The maximum Gasteiger partial charge on any atom is 0.355 e. The average molecular weight is 1410 g/mol. The Morgan fingerprint density at radius 3 is 2.25 bits per heavy atom. The second kappa shape index (κ2) is 27.0. The smallest absolute Gasteiger partial charge is 0.355 e. The first kappa shape index (κ1) is 66.7. The first-order valence-electron chi connectivity index (χ1n) is 29.2. The Morgan fingerprint density at radius 1 is 0.844 bits per heavy atom. The number of benzene rings is 1. The quantitative estimate of drug-likeness (QED) is 0.0555. The van der Waals surface area contributed by atoms with E-state index in [0.717, 1.165) is 56.7 Å². The molecule has 31 nitrogen and oxygen atoms in total. The normalized spacial score (nSPS) is 24.2. The largest absolute Gasteiger partial charge is 0.506 e. The highest BCUT2D eigenvalue weighted by Crippen LogP contribution is 2.43. The summed E-state index contributed by atoms with van der Waals surface area (Å²) in [5.41, 5.74) is 3.32. The van der Waals surface area contributed by atoms with E-state index in [-0.39, 0.29) is 106 Å². The van der Waals surface area contributed by atoms with E-state index in [0.29, 0.717) is 16.5 Å². The van der Waals surface area contributed by atoms with Crippen LogP contribution in [0.15, 0.2) is 69.2 Å². The number of allylic oxidation sites excluding steroid dienone is 1. The van der Waals surface area contributed by atoms with Crippen molar-refractivity contribution < 1.29 is 82.1 Å². The van der Waals surface area contributed by atoms with Gasteiger partial charge < -0.3 is 86.4 Å². The van der Waals surface area contributed by atoms with Crippen molar-refractivity contribution in [2.24, 2.45) is 5.73 Å². The minimum Gasteiger partial charge on any atom is -0.506 e. The van der Waals surface area contributed by atoms with Gasteiger partial charge in [-0.3, -0.25) is 28.8 Å². The van der Waals surface area contributed by atoms with Crippen LogP contribution in [0.4, 0.5) is 0 Å². The lowest BCUT2D eigenvalue weighted by Gasteiger charge is -2.45. The van der Waals surface area contributed by atoms with Gasteiger partial charge in [0.15, 0.2) is 12.4 Å². The van der Waals surface area contributed by atoms with Gasteiger partial charge in [0.05, 0.1) is 43.3 Å². The van der Waals surface area contributed by atoms with Crippen LogP contribution in [-0.2, 0) is 56.0 Å². The molecule has 12 rings (SSSR count). The summed E-state index contributed by atoms with van der Waals surface area (Å²) in [6.07, 6.45) is -7.33. The molecule has 12 N–H and O–H groups in total. The van der Waals surface area contributed by atoms with E-state index in [1.54, 1.807) is 44.5 Å². The average Bonchev–Trinajstić information content (AvgIpc) is 1.52. The topological polar surface area (TPSA) is 444 Å². The van der Waals surface area contributed by atoms with Crippen molar-refractivity contribution in [1.29, 1.82) is 0 Å². The maximum atomic E-state index is 15.1. The molecule has 1 aromatic carbocycles. The number of fused-ring (bicyclic) bond motifs is 15. The summed E-state index contributed by atoms with van der Waals surface area (Å²) in [7, 11) is 2.97. The third-order valence-corrected chi connectivity index (χ3v) is 20.5. The number of aromatic hydroxyl groups is 1. The number of ether oxygens (including phenoxy) is 6. The number of hydrogen-bond donors (Lipinski definition) is 11. The van der Waals surface area contributed by atoms with E-state index in [1.165, 1.54) is 48.5 Å². The number of nitrogens with zero attached hydrogens (tertiary/aromatic N) is 6. The molecule has 96 heavy (non-hydrogen) atoms. The van der Waals surface area contributed by atoms with Gasteiger partial charge in [-0.05, 0) is 52.4 Å². The Balaban J connectivity index is 1.03. The number of carbonyl (C=O) groups is 8. The van der Waals surface area contributed by atoms with Gasteiger partial charge >= 0.3 is 11.9 Å². The minimum atomic E-state index is -1.86. The van der Waals surface area contributed by atoms with Crippen LogP contribution < -0.4 is 37.6 Å². The first-order chi connectivity index (χ1) is 45.9. The molecule has 1 fully saturated rings. The minimum absolute atomic E-state index is 0.000686. The molecule has 0 aliphatic carbocycles. The Labute approximate surface area is 562 Å². The summed E-state index contributed by atoms with van der Waals surface area (Å²) in [6.45, 7) is 8.04. The fourth-order valence-corrected chi connectivity index (χ4v) is 15.4. The number of thiazole rings is 5. The molecule has 11 heterocycles. The van der Waals surface area contributed by atoms with Gasteiger partial charge in [-0.15, -0.1) is 56.7 Å². The molecule has 0 spiro atoms. The van der Waals surface area contributed by atoms with Gasteiger partial charge in [0, 0.05) is 55.4 Å². The number of aromatic nitrogens is 7. The first-order valence-corrected chi connectivity index (χ1v) is 33.6. The summed E-state index contributed by atoms with van der Waals surface area (Å²) < 4.78 is 37.6. The summed E-state index contributed by atoms with van der Waals surface area (Å²) >= 11 is 4.59. The number of likely N-dealkylation sites (N-methyl/N-ethyl adjacent to an activating group) is 1. The van der Waals surface area contributed by atoms with Crippen LogP contribution in [0.2, 0.25) is 0 Å². The van der Waals surface area contributed by atoms with Crippen molar-refractivity contribution in [3.05, 3.63) is 124 Å². The molecular formula is C60H58N14O17S5. The monoisotopic (exact) mass is 1410 g/mol. The lowest BCUT2D eigenvalue weighted by Crippen LogP contribution is -2.61. The Morgan fingerprint density at radius 2 is 1.52 bits per heavy atom. The van der Waals surface area contributed by atoms with Crippen molar-refractivity contribution in [2.45, 2.75) is 108 Å². The van der Waals surface area contributed by atoms with Crippen LogP contribution in [-0.4, -0.2) is 167 Å². The number of aromatic amines is 1. The van der Waals surface area contributed by atoms with Crippen molar-refractivity contribution >= 4 is 121 Å². The van der Waals surface area contributed by atoms with Crippen LogP contribution in [0.1, 0.15) is 125 Å². The number of aliphatic hydroxyl groups excluding tert-OH is 1. The number of nitrogens with one attached hydrogen (secondary N) is 7. The predicted octanol–water partition coefficient (Wildman–Crippen LogP) is 3.84. The van der Waals surface area contributed by atoms with E-state index in [9.17, 15) is 44.1 Å². The van der Waals surface area contributed by atoms with Crippen LogP contribution >= 0.6 is 56.7 Å². The molecule has 12 bridgehead atoms. The molecule has 4 aliphatic rings. The maximum absolute atomic E-state index is 15.1. The summed E-state index contributed by atoms with van der Waals surface area (Å²) in [6, 6.07) is 1.19. The standard InChI is InChI=1S/C60H58N14O17S5/c1-21(47(61)77)63-48(78)31-18-95-56(69-31)42-35(76)11-26-40(71-42)30-16-93-54(66-30)29-15-89-58(83)41-27-14-87-44(45(91-36-12-60(5,85)46(62-6)24(4)90-36)59(84)88-13-25-9-8-10-28(64-41)37(25)27)43(57-70-32(19-96-57)49(79)65-29)74-51(81)34-20-94-55(68-34)39(23(3)86-7)73-52(82)38(22(2)75)72-50(80)33-17-92-53(26)67-33/h8-11,16-20,22,24,29,36,38,43-46,62,64,75-76,85H,1,12-15H2,2-7H3,(H2,61,77)(H,63,78)(H,65,79)(H,72,80)(H,73,82)(H,74,81)/b39-23+. The van der Waals surface area contributed by atoms with Crippen molar-refractivity contribution in [2.75, 3.05) is 20.8 Å². The number of hydrogen-bond acceptors (Lipinski definition) is 29. The second-order valence-corrected chi connectivity index (χ2v) is 26.9. The molecule has 1 saturated heterocycles. The van der Waals surface area contributed by atoms with E-state index in [1.807, 2.05) is 0 Å². The number of aliphatic hydroxyl groups is 2. The number of nitrogens with two attached hydrogens (primary N) is 1. The van der Waals surface area contributed by atoms with Crippen LogP contribution in [0.25, 0.3) is 49.3 Å². The third kappa shape index (κ3) is 13.2. The van der Waals surface area contributed by atoms with Crippen molar-refractivity contribution in [3.8, 4) is 38.4 Å². The van der Waals surface area contributed by atoms with Crippen LogP contribution in [0.3, 0.4) is 0 Å². The molecule has 0 saturated carbocycles. The number of H-pyrrole nitrogens is 1. The highest BCUT2D eigenvalue weighted by molar-refractivity contribution is 7.14. The molecule has 10 atom stereocenters. The van der Waals surface area contributed by atoms with E-state index >= 15 is 9.59 Å². The van der Waals surface area contributed by atoms with Gasteiger partial charge in [-0.25, -0.2) is 39.5 Å². The SMILES string of the molecule is C=C(NC(=O)c1csc(-c2nc3c(cc2O)-c2nc(cs2)C(=O)NC(C(C)O)C(=O)N/C(=C(\C)OC)c2nc(cs2)C(=O)NC2c4nc(cs4)C(=O)NC(COC(=O)c4[nH]c5cccc6c5c4COC2C(OC2CC(C)(O)C(NC)C(C)O2)C(=O)OC6)c2nc-3cs2)n1)C(N)=O. The fourth-order valence-electron chi connectivity index (χ4n) is 11.2. The molecule has 36 heteroatoms. The van der Waals surface area contributed by atoms with E-state index < -0.39 is 133 Å². The van der Waals surface area contributed by atoms with E-state index in [4.69, 9.17) is 49.1 Å². The predicted molar refractivity (Wildman–Crippen MR) is 345 cm³/mol. The number of carbonyl (C=O) groups excluding carboxylic acids is 8. The van der Waals surface area contributed by atoms with E-state index in [2.05, 4.69) is 58.4 Å². The number of methoxy groups -OCH3 is 1. The lowest BCUT2D eigenvalue weighted by molar-refractivity contribution is -0.272. The fraction of sp³-hybridized carbons (Fsp3) is 0.333. The third-order valence-electron chi connectivity index (χ3n) is 16.0. The van der Waals surface area contributed by atoms with Gasteiger partial charge in [0.2, 0.25) is 5.91 Å². The number of pyridine rings is 1. The molecule has 10 unspecified atom stereocenters. The molecule has 8 aromatic rings. The Hall–Kier alpha value is -9.34. The molecule has 500 valence electrons. The Kier molecular flexibility index (Phi) is 18.8. The van der Waals surface area contributed by atoms with Gasteiger partial charge in [0.25, 0.3) is 29.5 Å². The summed E-state index contributed by atoms with van der Waals surface area (Å²) in [5.74, 6) is -7.85. The number of rotatable bonds is 9. The molecule has 0 radical (unpaired) electrons. The molecule has 6 amide bonds. The summed E-state index contributed by atoms with van der Waals surface area (Å²) in [5, 5.41) is 58.6. The molecule has 4 aliphatic heterocycles. The second-order valence-electron chi connectivity index (χ2n) is 22.6. The van der Waals surface area contributed by atoms with Gasteiger partial charge in [-0.1, -0.05) is 18.7 Å².